The maximum absolute atomic E-state index is 12.0. The first-order chi connectivity index (χ1) is 7.65. The molecule has 16 heavy (non-hydrogen) atoms. The lowest BCUT2D eigenvalue weighted by atomic mass is 10.1. The van der Waals surface area contributed by atoms with Crippen molar-refractivity contribution < 1.29 is 4.79 Å². The molecule has 2 heterocycles. The number of aromatic amines is 1. The van der Waals surface area contributed by atoms with Crippen LogP contribution in [0.3, 0.4) is 0 Å². The van der Waals surface area contributed by atoms with Gasteiger partial charge in [0.05, 0.1) is 9.85 Å². The van der Waals surface area contributed by atoms with Gasteiger partial charge in [-0.2, -0.15) is 0 Å². The van der Waals surface area contributed by atoms with E-state index in [-0.39, 0.29) is 10.6 Å². The van der Waals surface area contributed by atoms with Crippen LogP contribution in [-0.4, -0.2) is 20.6 Å². The molecule has 0 saturated heterocycles. The van der Waals surface area contributed by atoms with Gasteiger partial charge >= 0.3 is 0 Å². The van der Waals surface area contributed by atoms with Crippen LogP contribution in [0, 0.1) is 0 Å². The largest absolute Gasteiger partial charge is 0.345 e. The van der Waals surface area contributed by atoms with Crippen molar-refractivity contribution in [2.45, 2.75) is 18.2 Å². The normalized spacial score (nSPS) is 12.9. The van der Waals surface area contributed by atoms with Crippen molar-refractivity contribution in [2.24, 2.45) is 0 Å². The van der Waals surface area contributed by atoms with E-state index >= 15 is 0 Å². The number of alkyl halides is 1. The second kappa shape index (κ2) is 4.55. The number of nitrogens with zero attached hydrogens (tertiary/aromatic N) is 1. The van der Waals surface area contributed by atoms with Gasteiger partial charge in [0.1, 0.15) is 5.65 Å². The monoisotopic (exact) mass is 300 g/mol. The third-order valence-corrected chi connectivity index (χ3v) is 3.81. The number of carbonyl (C=O) groups is 1. The molecule has 3 nitrogen and oxygen atoms in total. The van der Waals surface area contributed by atoms with Crippen molar-refractivity contribution in [1.82, 2.24) is 9.97 Å². The van der Waals surface area contributed by atoms with E-state index in [4.69, 9.17) is 11.6 Å². The summed E-state index contributed by atoms with van der Waals surface area (Å²) in [6.07, 6.45) is 4.01. The van der Waals surface area contributed by atoms with E-state index in [2.05, 4.69) is 25.9 Å². The van der Waals surface area contributed by atoms with Crippen molar-refractivity contribution in [3.8, 4) is 0 Å². The fraction of sp³-hybridized carbons (Fsp3) is 0.273. The Labute approximate surface area is 106 Å². The van der Waals surface area contributed by atoms with Gasteiger partial charge in [-0.1, -0.05) is 34.5 Å². The molecule has 84 valence electrons. The lowest BCUT2D eigenvalue weighted by molar-refractivity contribution is 0.0992. The topological polar surface area (TPSA) is 45.8 Å². The number of aromatic nitrogens is 2. The van der Waals surface area contributed by atoms with Crippen LogP contribution >= 0.6 is 27.5 Å². The third-order valence-electron chi connectivity index (χ3n) is 2.43. The number of H-pyrrole nitrogens is 1. The second-order valence-electron chi connectivity index (χ2n) is 3.46. The fourth-order valence-electron chi connectivity index (χ4n) is 1.57. The summed E-state index contributed by atoms with van der Waals surface area (Å²) >= 11 is 9.41. The first-order valence-corrected chi connectivity index (χ1v) is 6.24. The average molecular weight is 302 g/mol. The first kappa shape index (κ1) is 11.6. The summed E-state index contributed by atoms with van der Waals surface area (Å²) in [5.41, 5.74) is 1.24. The molecule has 0 aromatic carbocycles. The minimum Gasteiger partial charge on any atom is -0.345 e. The average Bonchev–Trinajstić information content (AvgIpc) is 2.72. The van der Waals surface area contributed by atoms with Gasteiger partial charge in [-0.25, -0.2) is 4.98 Å². The summed E-state index contributed by atoms with van der Waals surface area (Å²) in [6.45, 7) is 1.95. The Morgan fingerprint density at radius 2 is 2.44 bits per heavy atom. The number of ketones is 1. The number of hydrogen-bond acceptors (Lipinski definition) is 2. The molecule has 0 spiro atoms. The number of carbonyl (C=O) groups excluding carboxylic acids is 1. The number of pyridine rings is 1. The minimum atomic E-state index is -0.178. The Kier molecular flexibility index (Phi) is 3.30. The second-order valence-corrected chi connectivity index (χ2v) is 4.97. The van der Waals surface area contributed by atoms with E-state index in [1.165, 1.54) is 0 Å². The third kappa shape index (κ3) is 1.87. The Bertz CT molecular complexity index is 538. The van der Waals surface area contributed by atoms with Gasteiger partial charge in [0.15, 0.2) is 5.78 Å². The number of nitrogens with one attached hydrogen (secondary N) is 1. The van der Waals surface area contributed by atoms with E-state index in [0.29, 0.717) is 21.6 Å². The molecular formula is C11H10BrClN2O. The Hall–Kier alpha value is -0.870. The molecule has 1 atom stereocenters. The van der Waals surface area contributed by atoms with E-state index < -0.39 is 0 Å². The molecule has 0 saturated carbocycles. The van der Waals surface area contributed by atoms with Gasteiger partial charge in [0.25, 0.3) is 0 Å². The smallest absolute Gasteiger partial charge is 0.178 e. The molecule has 1 N–H and O–H groups in total. The van der Waals surface area contributed by atoms with E-state index in [9.17, 15) is 4.79 Å². The summed E-state index contributed by atoms with van der Waals surface area (Å²) in [7, 11) is 0. The highest BCUT2D eigenvalue weighted by molar-refractivity contribution is 9.10. The highest BCUT2D eigenvalue weighted by Crippen LogP contribution is 2.27. The predicted molar refractivity (Wildman–Crippen MR) is 68.4 cm³/mol. The van der Waals surface area contributed by atoms with Crippen LogP contribution in [-0.2, 0) is 0 Å². The van der Waals surface area contributed by atoms with Crippen LogP contribution in [0.15, 0.2) is 18.5 Å². The SMILES string of the molecule is CCC(Br)C(=O)c1c[nH]c2nccc(Cl)c12. The summed E-state index contributed by atoms with van der Waals surface area (Å²) in [6, 6.07) is 1.68. The Balaban J connectivity index is 2.57. The highest BCUT2D eigenvalue weighted by Gasteiger charge is 2.20. The zero-order valence-corrected chi connectivity index (χ0v) is 11.0. The van der Waals surface area contributed by atoms with E-state index in [1.807, 2.05) is 6.92 Å². The molecule has 0 fully saturated rings. The van der Waals surface area contributed by atoms with E-state index in [1.54, 1.807) is 18.5 Å². The maximum atomic E-state index is 12.0. The molecule has 2 aromatic rings. The molecule has 1 unspecified atom stereocenters. The lowest BCUT2D eigenvalue weighted by Crippen LogP contribution is -2.12. The number of rotatable bonds is 3. The molecule has 0 aliphatic heterocycles. The fourth-order valence-corrected chi connectivity index (χ4v) is 2.06. The number of Topliss-reactive ketones (excluding diaryl/α,β-unsaturated/α-hetero) is 1. The molecule has 0 aliphatic carbocycles. The molecule has 0 bridgehead atoms. The van der Waals surface area contributed by atoms with Crippen molar-refractivity contribution in [2.75, 3.05) is 0 Å². The molecule has 0 aliphatic rings. The van der Waals surface area contributed by atoms with Gasteiger partial charge in [0, 0.05) is 23.3 Å². The molecule has 2 rings (SSSR count). The van der Waals surface area contributed by atoms with Gasteiger partial charge in [0.2, 0.25) is 0 Å². The van der Waals surface area contributed by atoms with Crippen LogP contribution in [0.5, 0.6) is 0 Å². The maximum Gasteiger partial charge on any atom is 0.178 e. The van der Waals surface area contributed by atoms with Crippen molar-refractivity contribution in [3.63, 3.8) is 0 Å². The van der Waals surface area contributed by atoms with Gasteiger partial charge < -0.3 is 4.98 Å². The minimum absolute atomic E-state index is 0.0312. The molecule has 0 amide bonds. The molecule has 5 heteroatoms. The van der Waals surface area contributed by atoms with Gasteiger partial charge in [-0.05, 0) is 12.5 Å². The zero-order chi connectivity index (χ0) is 11.7. The number of halogens is 2. The Morgan fingerprint density at radius 3 is 3.12 bits per heavy atom. The number of fused-ring (bicyclic) bond motifs is 1. The standard InChI is InChI=1S/C11H10BrClN2O/c1-2-7(12)10(16)6-5-15-11-9(6)8(13)3-4-14-11/h3-5,7H,2H2,1H3,(H,14,15). The van der Waals surface area contributed by atoms with Crippen LogP contribution in [0.2, 0.25) is 5.02 Å². The Morgan fingerprint density at radius 1 is 1.69 bits per heavy atom. The summed E-state index contributed by atoms with van der Waals surface area (Å²) < 4.78 is 0. The van der Waals surface area contributed by atoms with Crippen molar-refractivity contribution >= 4 is 44.3 Å². The summed E-state index contributed by atoms with van der Waals surface area (Å²) in [5.74, 6) is 0.0312. The van der Waals surface area contributed by atoms with Crippen molar-refractivity contribution in [1.29, 1.82) is 0 Å². The quantitative estimate of drug-likeness (QED) is 0.696. The first-order valence-electron chi connectivity index (χ1n) is 4.95. The molecular weight excluding hydrogens is 291 g/mol. The van der Waals surface area contributed by atoms with Crippen LogP contribution < -0.4 is 0 Å². The van der Waals surface area contributed by atoms with Crippen LogP contribution in [0.4, 0.5) is 0 Å². The highest BCUT2D eigenvalue weighted by atomic mass is 79.9. The van der Waals surface area contributed by atoms with Gasteiger partial charge in [-0.15, -0.1) is 0 Å². The number of hydrogen-bond donors (Lipinski definition) is 1. The van der Waals surface area contributed by atoms with Crippen LogP contribution in [0.25, 0.3) is 11.0 Å². The molecule has 0 radical (unpaired) electrons. The van der Waals surface area contributed by atoms with Gasteiger partial charge in [-0.3, -0.25) is 4.79 Å². The summed E-state index contributed by atoms with van der Waals surface area (Å²) in [5, 5.41) is 1.25. The lowest BCUT2D eigenvalue weighted by Gasteiger charge is -2.04. The van der Waals surface area contributed by atoms with Crippen LogP contribution in [0.1, 0.15) is 23.7 Å². The predicted octanol–water partition coefficient (Wildman–Crippen LogP) is 3.57. The summed E-state index contributed by atoms with van der Waals surface area (Å²) in [4.78, 5) is 18.9. The van der Waals surface area contributed by atoms with Crippen molar-refractivity contribution in [3.05, 3.63) is 29.0 Å². The zero-order valence-electron chi connectivity index (χ0n) is 8.63. The molecule has 2 aromatic heterocycles. The van der Waals surface area contributed by atoms with E-state index in [0.717, 1.165) is 6.42 Å².